The summed E-state index contributed by atoms with van der Waals surface area (Å²) in [5.41, 5.74) is 1.22. The van der Waals surface area contributed by atoms with E-state index in [2.05, 4.69) is 0 Å². The number of carboxylic acids is 1. The van der Waals surface area contributed by atoms with Gasteiger partial charge in [0.15, 0.2) is 11.5 Å². The summed E-state index contributed by atoms with van der Waals surface area (Å²) in [5.74, 6) is -0.269. The first-order valence-corrected chi connectivity index (χ1v) is 8.25. The van der Waals surface area contributed by atoms with E-state index in [9.17, 15) is 4.79 Å². The largest absolute Gasteiger partial charge is 0.493 e. The molecule has 0 unspecified atom stereocenters. The number of hydrogen-bond acceptors (Lipinski definition) is 4. The van der Waals surface area contributed by atoms with Gasteiger partial charge in [0.05, 0.1) is 7.11 Å². The van der Waals surface area contributed by atoms with Crippen LogP contribution in [-0.2, 0) is 11.4 Å². The molecular formula is C22H17NO4. The van der Waals surface area contributed by atoms with Gasteiger partial charge in [-0.1, -0.05) is 48.5 Å². The second-order valence-electron chi connectivity index (χ2n) is 5.81. The molecule has 0 amide bonds. The molecule has 0 fully saturated rings. The van der Waals surface area contributed by atoms with Gasteiger partial charge in [-0.3, -0.25) is 0 Å². The van der Waals surface area contributed by atoms with Crippen LogP contribution in [-0.4, -0.2) is 18.2 Å². The summed E-state index contributed by atoms with van der Waals surface area (Å²) in [5, 5.41) is 20.2. The first-order valence-electron chi connectivity index (χ1n) is 8.25. The number of hydrogen-bond donors (Lipinski definition) is 1. The Balaban J connectivity index is 1.90. The number of aliphatic carboxylic acids is 1. The van der Waals surface area contributed by atoms with E-state index in [0.717, 1.165) is 16.3 Å². The molecule has 134 valence electrons. The molecule has 3 rings (SSSR count). The minimum atomic E-state index is -1.27. The van der Waals surface area contributed by atoms with Crippen molar-refractivity contribution in [2.75, 3.05) is 7.11 Å². The smallest absolute Gasteiger partial charge is 0.346 e. The highest BCUT2D eigenvalue weighted by Crippen LogP contribution is 2.30. The fourth-order valence-corrected chi connectivity index (χ4v) is 2.78. The van der Waals surface area contributed by atoms with Gasteiger partial charge in [0.2, 0.25) is 0 Å². The standard InChI is InChI=1S/C22H17NO4/c1-26-20-10-9-15(11-18(13-23)22(24)25)12-21(20)27-14-17-7-4-6-16-5-2-3-8-19(16)17/h2-12H,14H2,1H3,(H,24,25). The zero-order valence-electron chi connectivity index (χ0n) is 14.7. The maximum atomic E-state index is 11.0. The van der Waals surface area contributed by atoms with Crippen molar-refractivity contribution in [1.82, 2.24) is 0 Å². The van der Waals surface area contributed by atoms with Crippen molar-refractivity contribution in [1.29, 1.82) is 5.26 Å². The van der Waals surface area contributed by atoms with E-state index in [1.807, 2.05) is 42.5 Å². The Bertz CT molecular complexity index is 1060. The number of rotatable bonds is 6. The van der Waals surface area contributed by atoms with Gasteiger partial charge in [-0.2, -0.15) is 5.26 Å². The normalized spacial score (nSPS) is 11.0. The van der Waals surface area contributed by atoms with Crippen LogP contribution in [0.15, 0.2) is 66.2 Å². The monoisotopic (exact) mass is 359 g/mol. The third kappa shape index (κ3) is 4.07. The Morgan fingerprint density at radius 3 is 2.63 bits per heavy atom. The third-order valence-electron chi connectivity index (χ3n) is 4.11. The Labute approximate surface area is 156 Å². The molecule has 0 aliphatic rings. The third-order valence-corrected chi connectivity index (χ3v) is 4.11. The predicted molar refractivity (Wildman–Crippen MR) is 102 cm³/mol. The molecule has 0 saturated heterocycles. The summed E-state index contributed by atoms with van der Waals surface area (Å²) in [7, 11) is 1.54. The average Bonchev–Trinajstić information content (AvgIpc) is 2.70. The molecule has 5 nitrogen and oxygen atoms in total. The van der Waals surface area contributed by atoms with Crippen molar-refractivity contribution < 1.29 is 19.4 Å². The molecule has 0 heterocycles. The summed E-state index contributed by atoms with van der Waals surface area (Å²) in [6.45, 7) is 0.328. The highest BCUT2D eigenvalue weighted by Gasteiger charge is 2.10. The summed E-state index contributed by atoms with van der Waals surface area (Å²) in [4.78, 5) is 11.0. The molecule has 0 radical (unpaired) electrons. The molecular weight excluding hydrogens is 342 g/mol. The fourth-order valence-electron chi connectivity index (χ4n) is 2.78. The topological polar surface area (TPSA) is 79.5 Å². The van der Waals surface area contributed by atoms with Crippen LogP contribution in [0.5, 0.6) is 11.5 Å². The van der Waals surface area contributed by atoms with Gasteiger partial charge in [-0.05, 0) is 40.1 Å². The predicted octanol–water partition coefficient (Wildman–Crippen LogP) is 4.42. The fraction of sp³-hybridized carbons (Fsp3) is 0.0909. The quantitative estimate of drug-likeness (QED) is 0.521. The highest BCUT2D eigenvalue weighted by molar-refractivity contribution is 5.96. The van der Waals surface area contributed by atoms with Crippen molar-refractivity contribution in [3.8, 4) is 17.6 Å². The van der Waals surface area contributed by atoms with Crippen molar-refractivity contribution in [3.05, 3.63) is 77.4 Å². The second-order valence-corrected chi connectivity index (χ2v) is 5.81. The number of carboxylic acid groups (broad SMARTS) is 1. The molecule has 0 aliphatic heterocycles. The van der Waals surface area contributed by atoms with Crippen LogP contribution >= 0.6 is 0 Å². The van der Waals surface area contributed by atoms with E-state index in [1.165, 1.54) is 13.2 Å². The van der Waals surface area contributed by atoms with Gasteiger partial charge >= 0.3 is 5.97 Å². The van der Waals surface area contributed by atoms with Gasteiger partial charge in [-0.15, -0.1) is 0 Å². The van der Waals surface area contributed by atoms with Crippen LogP contribution in [0.2, 0.25) is 0 Å². The minimum Gasteiger partial charge on any atom is -0.493 e. The van der Waals surface area contributed by atoms with Crippen molar-refractivity contribution in [3.63, 3.8) is 0 Å². The van der Waals surface area contributed by atoms with Crippen LogP contribution < -0.4 is 9.47 Å². The number of nitriles is 1. The van der Waals surface area contributed by atoms with E-state index >= 15 is 0 Å². The van der Waals surface area contributed by atoms with Crippen molar-refractivity contribution in [2.24, 2.45) is 0 Å². The number of nitrogens with zero attached hydrogens (tertiary/aromatic N) is 1. The van der Waals surface area contributed by atoms with Gasteiger partial charge in [0.25, 0.3) is 0 Å². The van der Waals surface area contributed by atoms with E-state index in [4.69, 9.17) is 19.8 Å². The van der Waals surface area contributed by atoms with Gasteiger partial charge < -0.3 is 14.6 Å². The van der Waals surface area contributed by atoms with E-state index in [-0.39, 0.29) is 5.57 Å². The van der Waals surface area contributed by atoms with Crippen LogP contribution in [0.25, 0.3) is 16.8 Å². The van der Waals surface area contributed by atoms with Gasteiger partial charge in [-0.25, -0.2) is 4.79 Å². The first-order chi connectivity index (χ1) is 13.1. The van der Waals surface area contributed by atoms with E-state index in [1.54, 1.807) is 24.3 Å². The highest BCUT2D eigenvalue weighted by atomic mass is 16.5. The summed E-state index contributed by atoms with van der Waals surface area (Å²) in [6.07, 6.45) is 1.30. The lowest BCUT2D eigenvalue weighted by Crippen LogP contribution is -2.00. The molecule has 0 saturated carbocycles. The van der Waals surface area contributed by atoms with Crippen molar-refractivity contribution in [2.45, 2.75) is 6.61 Å². The van der Waals surface area contributed by atoms with Gasteiger partial charge in [0, 0.05) is 0 Å². The number of ether oxygens (including phenoxy) is 2. The number of fused-ring (bicyclic) bond motifs is 1. The molecule has 0 aromatic heterocycles. The maximum absolute atomic E-state index is 11.0. The minimum absolute atomic E-state index is 0.328. The molecule has 0 atom stereocenters. The van der Waals surface area contributed by atoms with E-state index < -0.39 is 5.97 Å². The molecule has 0 bridgehead atoms. The lowest BCUT2D eigenvalue weighted by molar-refractivity contribution is -0.132. The Morgan fingerprint density at radius 1 is 1.11 bits per heavy atom. The van der Waals surface area contributed by atoms with Crippen LogP contribution in [0.1, 0.15) is 11.1 Å². The molecule has 0 aliphatic carbocycles. The maximum Gasteiger partial charge on any atom is 0.346 e. The molecule has 1 N–H and O–H groups in total. The van der Waals surface area contributed by atoms with Crippen LogP contribution in [0.3, 0.4) is 0 Å². The zero-order valence-corrected chi connectivity index (χ0v) is 14.7. The molecule has 0 spiro atoms. The summed E-state index contributed by atoms with van der Waals surface area (Å²) < 4.78 is 11.3. The summed E-state index contributed by atoms with van der Waals surface area (Å²) in [6, 6.07) is 20.7. The lowest BCUT2D eigenvalue weighted by atomic mass is 10.1. The first kappa shape index (κ1) is 18.0. The Hall–Kier alpha value is -3.78. The molecule has 3 aromatic carbocycles. The Morgan fingerprint density at radius 2 is 1.89 bits per heavy atom. The zero-order chi connectivity index (χ0) is 19.2. The molecule has 5 heteroatoms. The summed E-state index contributed by atoms with van der Waals surface area (Å²) >= 11 is 0. The van der Waals surface area contributed by atoms with Crippen LogP contribution in [0, 0.1) is 11.3 Å². The number of methoxy groups -OCH3 is 1. The SMILES string of the molecule is COc1ccc(C=C(C#N)C(=O)O)cc1OCc1cccc2ccccc12. The van der Waals surface area contributed by atoms with Gasteiger partial charge in [0.1, 0.15) is 18.2 Å². The van der Waals surface area contributed by atoms with E-state index in [0.29, 0.717) is 23.7 Å². The number of benzene rings is 3. The molecule has 27 heavy (non-hydrogen) atoms. The Kier molecular flexibility index (Phi) is 5.38. The van der Waals surface area contributed by atoms with Crippen LogP contribution in [0.4, 0.5) is 0 Å². The second kappa shape index (κ2) is 8.07. The van der Waals surface area contributed by atoms with Crippen molar-refractivity contribution >= 4 is 22.8 Å². The lowest BCUT2D eigenvalue weighted by Gasteiger charge is -2.13. The molecule has 3 aromatic rings. The number of carbonyl (C=O) groups is 1. The average molecular weight is 359 g/mol.